The maximum atomic E-state index is 11.8. The van der Waals surface area contributed by atoms with Crippen LogP contribution in [0.4, 0.5) is 10.6 Å². The molecule has 1 aliphatic rings. The number of hydrogen-bond acceptors (Lipinski definition) is 4. The molecule has 0 radical (unpaired) electrons. The van der Waals surface area contributed by atoms with E-state index in [-0.39, 0.29) is 18.1 Å². The van der Waals surface area contributed by atoms with E-state index in [4.69, 9.17) is 0 Å². The average molecular weight is 260 g/mol. The molecule has 2 aromatic rings. The van der Waals surface area contributed by atoms with Crippen molar-refractivity contribution in [3.8, 4) is 5.75 Å². The van der Waals surface area contributed by atoms with E-state index >= 15 is 0 Å². The molecule has 3 amide bonds. The van der Waals surface area contributed by atoms with Gasteiger partial charge in [0.2, 0.25) is 5.91 Å². The van der Waals surface area contributed by atoms with Crippen LogP contribution in [0.1, 0.15) is 6.42 Å². The lowest BCUT2D eigenvalue weighted by atomic mass is 10.2. The number of benzene rings is 1. The van der Waals surface area contributed by atoms with Crippen molar-refractivity contribution in [1.82, 2.24) is 15.1 Å². The third-order valence-electron chi connectivity index (χ3n) is 3.13. The molecule has 1 saturated heterocycles. The number of urea groups is 1. The van der Waals surface area contributed by atoms with E-state index in [2.05, 4.69) is 10.4 Å². The minimum Gasteiger partial charge on any atom is -0.508 e. The number of carbonyl (C=O) groups excluding carboxylic acids is 2. The van der Waals surface area contributed by atoms with Crippen molar-refractivity contribution in [2.24, 2.45) is 7.05 Å². The number of aromatic nitrogens is 2. The van der Waals surface area contributed by atoms with Gasteiger partial charge in [0.25, 0.3) is 0 Å². The molecule has 1 fully saturated rings. The van der Waals surface area contributed by atoms with Crippen LogP contribution in [0, 0.1) is 0 Å². The monoisotopic (exact) mass is 260 g/mol. The first-order chi connectivity index (χ1) is 9.06. The summed E-state index contributed by atoms with van der Waals surface area (Å²) < 4.78 is 1.59. The average Bonchev–Trinajstić information content (AvgIpc) is 2.66. The fourth-order valence-electron chi connectivity index (χ4n) is 2.19. The number of carbonyl (C=O) groups is 2. The third kappa shape index (κ3) is 1.79. The van der Waals surface area contributed by atoms with E-state index in [1.165, 1.54) is 4.90 Å². The summed E-state index contributed by atoms with van der Waals surface area (Å²) in [7, 11) is 1.73. The Balaban J connectivity index is 2.10. The van der Waals surface area contributed by atoms with Crippen LogP contribution in [0.3, 0.4) is 0 Å². The Morgan fingerprint density at radius 3 is 2.89 bits per heavy atom. The number of rotatable bonds is 1. The lowest BCUT2D eigenvalue weighted by Gasteiger charge is -2.24. The second-order valence-electron chi connectivity index (χ2n) is 4.40. The summed E-state index contributed by atoms with van der Waals surface area (Å²) in [5.74, 6) is 0.349. The number of phenolic OH excluding ortho intramolecular Hbond substituents is 1. The van der Waals surface area contributed by atoms with Crippen LogP contribution in [-0.2, 0) is 11.8 Å². The van der Waals surface area contributed by atoms with Crippen molar-refractivity contribution in [2.45, 2.75) is 6.42 Å². The molecule has 2 heterocycles. The Morgan fingerprint density at radius 1 is 1.37 bits per heavy atom. The first kappa shape index (κ1) is 11.5. The quantitative estimate of drug-likeness (QED) is 0.791. The topological polar surface area (TPSA) is 87.5 Å². The Morgan fingerprint density at radius 2 is 2.16 bits per heavy atom. The van der Waals surface area contributed by atoms with Crippen molar-refractivity contribution in [3.05, 3.63) is 18.2 Å². The molecule has 0 bridgehead atoms. The highest BCUT2D eigenvalue weighted by Crippen LogP contribution is 2.29. The first-order valence-corrected chi connectivity index (χ1v) is 5.83. The molecule has 3 rings (SSSR count). The van der Waals surface area contributed by atoms with Crippen LogP contribution >= 0.6 is 0 Å². The standard InChI is InChI=1S/C12H12N4O3/c1-15-9-6-7(17)2-3-8(9)11(14-15)16-5-4-10(18)13-12(16)19/h2-3,6,17H,4-5H2,1H3,(H,13,18,19). The Kier molecular flexibility index (Phi) is 2.41. The molecule has 0 aliphatic carbocycles. The normalized spacial score (nSPS) is 15.9. The van der Waals surface area contributed by atoms with Crippen LogP contribution in [0.15, 0.2) is 18.2 Å². The zero-order chi connectivity index (χ0) is 13.6. The SMILES string of the molecule is Cn1nc(N2CCC(=O)NC2=O)c2ccc(O)cc21. The number of phenols is 1. The summed E-state index contributed by atoms with van der Waals surface area (Å²) in [4.78, 5) is 24.4. The number of amides is 3. The van der Waals surface area contributed by atoms with Gasteiger partial charge >= 0.3 is 6.03 Å². The Labute approximate surface area is 108 Å². The van der Waals surface area contributed by atoms with Crippen molar-refractivity contribution < 1.29 is 14.7 Å². The molecule has 0 unspecified atom stereocenters. The summed E-state index contributed by atoms with van der Waals surface area (Å²) in [5.41, 5.74) is 0.722. The smallest absolute Gasteiger partial charge is 0.329 e. The van der Waals surface area contributed by atoms with Crippen LogP contribution in [-0.4, -0.2) is 33.4 Å². The van der Waals surface area contributed by atoms with Crippen molar-refractivity contribution in [1.29, 1.82) is 0 Å². The Bertz CT molecular complexity index is 692. The summed E-state index contributed by atoms with van der Waals surface area (Å²) in [6.07, 6.45) is 0.252. The lowest BCUT2D eigenvalue weighted by molar-refractivity contribution is -0.120. The molecular weight excluding hydrogens is 248 g/mol. The minimum atomic E-state index is -0.468. The highest BCUT2D eigenvalue weighted by Gasteiger charge is 2.27. The number of fused-ring (bicyclic) bond motifs is 1. The van der Waals surface area contributed by atoms with Gasteiger partial charge in [-0.3, -0.25) is 19.7 Å². The fraction of sp³-hybridized carbons (Fsp3) is 0.250. The molecule has 0 atom stereocenters. The van der Waals surface area contributed by atoms with Crippen LogP contribution in [0.2, 0.25) is 0 Å². The van der Waals surface area contributed by atoms with Gasteiger partial charge in [-0.05, 0) is 12.1 Å². The summed E-state index contributed by atoms with van der Waals surface area (Å²) in [6.45, 7) is 0.303. The zero-order valence-corrected chi connectivity index (χ0v) is 10.3. The van der Waals surface area contributed by atoms with E-state index in [0.717, 1.165) is 10.9 Å². The molecule has 7 heteroatoms. The summed E-state index contributed by atoms with van der Waals surface area (Å²) >= 11 is 0. The molecule has 2 N–H and O–H groups in total. The summed E-state index contributed by atoms with van der Waals surface area (Å²) in [5, 5.41) is 16.8. The molecule has 0 spiro atoms. The third-order valence-corrected chi connectivity index (χ3v) is 3.13. The van der Waals surface area contributed by atoms with Gasteiger partial charge in [-0.1, -0.05) is 0 Å². The number of aryl methyl sites for hydroxylation is 1. The van der Waals surface area contributed by atoms with E-state index < -0.39 is 6.03 Å². The van der Waals surface area contributed by atoms with Gasteiger partial charge in [0, 0.05) is 31.5 Å². The maximum Gasteiger partial charge on any atom is 0.329 e. The predicted octanol–water partition coefficient (Wildman–Crippen LogP) is 0.725. The van der Waals surface area contributed by atoms with E-state index in [9.17, 15) is 14.7 Å². The fourth-order valence-corrected chi connectivity index (χ4v) is 2.19. The molecule has 0 saturated carbocycles. The predicted molar refractivity (Wildman–Crippen MR) is 67.9 cm³/mol. The first-order valence-electron chi connectivity index (χ1n) is 5.83. The van der Waals surface area contributed by atoms with Gasteiger partial charge in [-0.2, -0.15) is 5.10 Å². The van der Waals surface area contributed by atoms with E-state index in [1.807, 2.05) is 0 Å². The van der Waals surface area contributed by atoms with Crippen molar-refractivity contribution in [2.75, 3.05) is 11.4 Å². The van der Waals surface area contributed by atoms with E-state index in [0.29, 0.717) is 12.4 Å². The number of nitrogens with one attached hydrogen (secondary N) is 1. The van der Waals surface area contributed by atoms with Crippen LogP contribution in [0.5, 0.6) is 5.75 Å². The minimum absolute atomic E-state index is 0.139. The second-order valence-corrected chi connectivity index (χ2v) is 4.40. The van der Waals surface area contributed by atoms with Gasteiger partial charge in [0.05, 0.1) is 5.52 Å². The van der Waals surface area contributed by atoms with E-state index in [1.54, 1.807) is 29.9 Å². The molecule has 7 nitrogen and oxygen atoms in total. The van der Waals surface area contributed by atoms with Gasteiger partial charge < -0.3 is 5.11 Å². The molecule has 1 aliphatic heterocycles. The van der Waals surface area contributed by atoms with Crippen molar-refractivity contribution in [3.63, 3.8) is 0 Å². The Hall–Kier alpha value is -2.57. The highest BCUT2D eigenvalue weighted by molar-refractivity contribution is 6.08. The number of nitrogens with zero attached hydrogens (tertiary/aromatic N) is 3. The number of anilines is 1. The molecule has 98 valence electrons. The zero-order valence-electron chi connectivity index (χ0n) is 10.3. The van der Waals surface area contributed by atoms with Crippen molar-refractivity contribution >= 4 is 28.7 Å². The highest BCUT2D eigenvalue weighted by atomic mass is 16.3. The maximum absolute atomic E-state index is 11.8. The number of hydrogen-bond donors (Lipinski definition) is 2. The number of aromatic hydroxyl groups is 1. The van der Waals surface area contributed by atoms with Gasteiger partial charge in [0.15, 0.2) is 5.82 Å². The van der Waals surface area contributed by atoms with Gasteiger partial charge in [-0.15, -0.1) is 0 Å². The molecular formula is C12H12N4O3. The second kappa shape index (κ2) is 3.98. The summed E-state index contributed by atoms with van der Waals surface area (Å²) in [6, 6.07) is 4.36. The molecule has 1 aromatic carbocycles. The van der Waals surface area contributed by atoms with Gasteiger partial charge in [-0.25, -0.2) is 4.79 Å². The number of imide groups is 1. The largest absolute Gasteiger partial charge is 0.508 e. The molecule has 1 aromatic heterocycles. The van der Waals surface area contributed by atoms with Crippen LogP contribution in [0.25, 0.3) is 10.9 Å². The van der Waals surface area contributed by atoms with Crippen LogP contribution < -0.4 is 10.2 Å². The molecule has 19 heavy (non-hydrogen) atoms. The van der Waals surface area contributed by atoms with Gasteiger partial charge in [0.1, 0.15) is 5.75 Å². The lowest BCUT2D eigenvalue weighted by Crippen LogP contribution is -2.49.